The van der Waals surface area contributed by atoms with Gasteiger partial charge in [-0.05, 0) is 12.8 Å². The van der Waals surface area contributed by atoms with Crippen LogP contribution in [0.4, 0.5) is 0 Å². The van der Waals surface area contributed by atoms with Crippen molar-refractivity contribution in [1.29, 1.82) is 0 Å². The molecule has 1 atom stereocenters. The normalized spacial score (nSPS) is 20.4. The van der Waals surface area contributed by atoms with Crippen LogP contribution >= 0.6 is 0 Å². The van der Waals surface area contributed by atoms with Gasteiger partial charge in [-0.25, -0.2) is 0 Å². The van der Waals surface area contributed by atoms with Crippen LogP contribution < -0.4 is 5.32 Å². The fraction of sp³-hybridized carbons (Fsp3) is 1.00. The first-order valence-electron chi connectivity index (χ1n) is 6.83. The molecule has 1 heterocycles. The Balaban J connectivity index is 2.15. The second-order valence-corrected chi connectivity index (χ2v) is 4.70. The molecule has 0 aromatic rings. The van der Waals surface area contributed by atoms with E-state index in [1.165, 1.54) is 64.7 Å². The van der Waals surface area contributed by atoms with Gasteiger partial charge in [0.15, 0.2) is 0 Å². The number of rotatable bonds is 7. The maximum atomic E-state index is 3.43. The summed E-state index contributed by atoms with van der Waals surface area (Å²) in [6.07, 6.45) is 8.36. The standard InChI is InChI=1S/C13H28N2/c1-3-5-6-7-8-13(4-2)15-11-9-14-10-12-15/h13-14H,3-12H2,1-2H3. The SMILES string of the molecule is CCCCCCC(CC)N1CCNCC1. The highest BCUT2D eigenvalue weighted by molar-refractivity contribution is 4.75. The summed E-state index contributed by atoms with van der Waals surface area (Å²) in [5.74, 6) is 0. The molecule has 1 unspecified atom stereocenters. The third kappa shape index (κ3) is 4.98. The van der Waals surface area contributed by atoms with E-state index in [9.17, 15) is 0 Å². The van der Waals surface area contributed by atoms with Gasteiger partial charge in [-0.2, -0.15) is 0 Å². The van der Waals surface area contributed by atoms with E-state index in [2.05, 4.69) is 24.1 Å². The number of unbranched alkanes of at least 4 members (excludes halogenated alkanes) is 3. The molecule has 1 rings (SSSR count). The minimum Gasteiger partial charge on any atom is -0.314 e. The Morgan fingerprint density at radius 2 is 1.80 bits per heavy atom. The minimum absolute atomic E-state index is 0.851. The van der Waals surface area contributed by atoms with Crippen molar-refractivity contribution >= 4 is 0 Å². The highest BCUT2D eigenvalue weighted by atomic mass is 15.2. The van der Waals surface area contributed by atoms with Gasteiger partial charge in [-0.3, -0.25) is 4.90 Å². The molecule has 0 aliphatic carbocycles. The van der Waals surface area contributed by atoms with E-state index in [4.69, 9.17) is 0 Å². The molecule has 0 radical (unpaired) electrons. The van der Waals surface area contributed by atoms with Crippen molar-refractivity contribution in [3.63, 3.8) is 0 Å². The molecule has 0 aromatic heterocycles. The van der Waals surface area contributed by atoms with Crippen molar-refractivity contribution in [3.8, 4) is 0 Å². The van der Waals surface area contributed by atoms with E-state index in [-0.39, 0.29) is 0 Å². The van der Waals surface area contributed by atoms with Gasteiger partial charge in [0.05, 0.1) is 0 Å². The molecular weight excluding hydrogens is 184 g/mol. The molecule has 0 spiro atoms. The summed E-state index contributed by atoms with van der Waals surface area (Å²) < 4.78 is 0. The molecule has 1 aliphatic heterocycles. The van der Waals surface area contributed by atoms with Crippen molar-refractivity contribution in [2.45, 2.75) is 58.4 Å². The topological polar surface area (TPSA) is 15.3 Å². The molecule has 1 aliphatic rings. The van der Waals surface area contributed by atoms with Crippen LogP contribution in [0.1, 0.15) is 52.4 Å². The Hall–Kier alpha value is -0.0800. The van der Waals surface area contributed by atoms with Crippen LogP contribution in [-0.2, 0) is 0 Å². The van der Waals surface area contributed by atoms with Crippen molar-refractivity contribution in [2.75, 3.05) is 26.2 Å². The smallest absolute Gasteiger partial charge is 0.0110 e. The van der Waals surface area contributed by atoms with Crippen molar-refractivity contribution in [1.82, 2.24) is 10.2 Å². The van der Waals surface area contributed by atoms with Crippen LogP contribution in [0, 0.1) is 0 Å². The Labute approximate surface area is 95.4 Å². The van der Waals surface area contributed by atoms with Crippen LogP contribution in [-0.4, -0.2) is 37.1 Å². The van der Waals surface area contributed by atoms with Gasteiger partial charge in [0.25, 0.3) is 0 Å². The average Bonchev–Trinajstić information content (AvgIpc) is 2.30. The summed E-state index contributed by atoms with van der Waals surface area (Å²) in [4.78, 5) is 2.68. The van der Waals surface area contributed by atoms with Crippen LogP contribution in [0.5, 0.6) is 0 Å². The molecule has 2 nitrogen and oxygen atoms in total. The zero-order valence-electron chi connectivity index (χ0n) is 10.6. The molecule has 0 amide bonds. The molecule has 15 heavy (non-hydrogen) atoms. The van der Waals surface area contributed by atoms with Gasteiger partial charge < -0.3 is 5.32 Å². The lowest BCUT2D eigenvalue weighted by Gasteiger charge is -2.34. The number of piperazine rings is 1. The largest absolute Gasteiger partial charge is 0.314 e. The molecule has 0 aromatic carbocycles. The third-order valence-corrected chi connectivity index (χ3v) is 3.53. The molecule has 1 fully saturated rings. The lowest BCUT2D eigenvalue weighted by atomic mass is 10.0. The maximum Gasteiger partial charge on any atom is 0.0110 e. The number of nitrogens with zero attached hydrogens (tertiary/aromatic N) is 1. The van der Waals surface area contributed by atoms with E-state index in [1.54, 1.807) is 0 Å². The Morgan fingerprint density at radius 1 is 1.07 bits per heavy atom. The fourth-order valence-corrected chi connectivity index (χ4v) is 2.50. The van der Waals surface area contributed by atoms with Gasteiger partial charge in [-0.15, -0.1) is 0 Å². The van der Waals surface area contributed by atoms with E-state index in [0.717, 1.165) is 6.04 Å². The predicted molar refractivity (Wildman–Crippen MR) is 67.3 cm³/mol. The highest BCUT2D eigenvalue weighted by Gasteiger charge is 2.17. The second-order valence-electron chi connectivity index (χ2n) is 4.70. The quantitative estimate of drug-likeness (QED) is 0.653. The molecular formula is C13H28N2. The fourth-order valence-electron chi connectivity index (χ4n) is 2.50. The monoisotopic (exact) mass is 212 g/mol. The Kier molecular flexibility index (Phi) is 7.03. The zero-order chi connectivity index (χ0) is 10.9. The summed E-state index contributed by atoms with van der Waals surface area (Å²) in [6.45, 7) is 9.51. The minimum atomic E-state index is 0.851. The van der Waals surface area contributed by atoms with Crippen molar-refractivity contribution in [3.05, 3.63) is 0 Å². The summed E-state index contributed by atoms with van der Waals surface area (Å²) >= 11 is 0. The molecule has 2 heteroatoms. The van der Waals surface area contributed by atoms with Crippen molar-refractivity contribution in [2.24, 2.45) is 0 Å². The van der Waals surface area contributed by atoms with Gasteiger partial charge in [-0.1, -0.05) is 39.5 Å². The lowest BCUT2D eigenvalue weighted by Crippen LogP contribution is -2.48. The Bertz CT molecular complexity index is 141. The summed E-state index contributed by atoms with van der Waals surface area (Å²) in [5.41, 5.74) is 0. The van der Waals surface area contributed by atoms with Gasteiger partial charge >= 0.3 is 0 Å². The molecule has 1 saturated heterocycles. The first-order valence-corrected chi connectivity index (χ1v) is 6.83. The van der Waals surface area contributed by atoms with Gasteiger partial charge in [0.2, 0.25) is 0 Å². The molecule has 90 valence electrons. The highest BCUT2D eigenvalue weighted by Crippen LogP contribution is 2.14. The Morgan fingerprint density at radius 3 is 2.40 bits per heavy atom. The van der Waals surface area contributed by atoms with Crippen molar-refractivity contribution < 1.29 is 0 Å². The van der Waals surface area contributed by atoms with E-state index >= 15 is 0 Å². The number of nitrogens with one attached hydrogen (secondary N) is 1. The van der Waals surface area contributed by atoms with E-state index < -0.39 is 0 Å². The molecule has 0 saturated carbocycles. The first-order chi connectivity index (χ1) is 7.38. The predicted octanol–water partition coefficient (Wildman–Crippen LogP) is 2.64. The summed E-state index contributed by atoms with van der Waals surface area (Å²) in [5, 5.41) is 3.43. The molecule has 1 N–H and O–H groups in total. The van der Waals surface area contributed by atoms with Crippen LogP contribution in [0.3, 0.4) is 0 Å². The van der Waals surface area contributed by atoms with Crippen LogP contribution in [0.2, 0.25) is 0 Å². The third-order valence-electron chi connectivity index (χ3n) is 3.53. The first kappa shape index (κ1) is 13.0. The number of hydrogen-bond donors (Lipinski definition) is 1. The average molecular weight is 212 g/mol. The van der Waals surface area contributed by atoms with E-state index in [1.807, 2.05) is 0 Å². The maximum absolute atomic E-state index is 3.43. The van der Waals surface area contributed by atoms with E-state index in [0.29, 0.717) is 0 Å². The lowest BCUT2D eigenvalue weighted by molar-refractivity contribution is 0.158. The van der Waals surface area contributed by atoms with Crippen LogP contribution in [0.15, 0.2) is 0 Å². The molecule has 0 bridgehead atoms. The van der Waals surface area contributed by atoms with Gasteiger partial charge in [0, 0.05) is 32.2 Å². The zero-order valence-corrected chi connectivity index (χ0v) is 10.6. The number of hydrogen-bond acceptors (Lipinski definition) is 2. The van der Waals surface area contributed by atoms with Crippen LogP contribution in [0.25, 0.3) is 0 Å². The van der Waals surface area contributed by atoms with Gasteiger partial charge in [0.1, 0.15) is 0 Å². The summed E-state index contributed by atoms with van der Waals surface area (Å²) in [6, 6.07) is 0.851. The second kappa shape index (κ2) is 8.12. The summed E-state index contributed by atoms with van der Waals surface area (Å²) in [7, 11) is 0.